The van der Waals surface area contributed by atoms with Crippen molar-refractivity contribution in [1.82, 2.24) is 4.98 Å². The summed E-state index contributed by atoms with van der Waals surface area (Å²) < 4.78 is 46.3. The van der Waals surface area contributed by atoms with E-state index in [1.165, 1.54) is 12.3 Å². The number of pyridine rings is 1. The third-order valence-electron chi connectivity index (χ3n) is 3.36. The van der Waals surface area contributed by atoms with Gasteiger partial charge in [0.2, 0.25) is 5.88 Å². The summed E-state index contributed by atoms with van der Waals surface area (Å²) in [4.78, 5) is 15.9. The standard InChI is InChI=1S/C16H13F3N2O3/c17-16(18,19)9-24-14-6-10(3-4-20-14)15(22)21-13-2-1-11-7-23-8-12(11)5-13/h1-6H,7-9H2,(H,21,22). The van der Waals surface area contributed by atoms with Crippen LogP contribution in [0.5, 0.6) is 5.88 Å². The van der Waals surface area contributed by atoms with E-state index in [2.05, 4.69) is 15.0 Å². The highest BCUT2D eigenvalue weighted by atomic mass is 19.4. The minimum absolute atomic E-state index is 0.152. The Balaban J connectivity index is 1.68. The lowest BCUT2D eigenvalue weighted by Gasteiger charge is -2.10. The van der Waals surface area contributed by atoms with Gasteiger partial charge in [-0.15, -0.1) is 0 Å². The summed E-state index contributed by atoms with van der Waals surface area (Å²) in [6.45, 7) is -0.423. The van der Waals surface area contributed by atoms with Gasteiger partial charge < -0.3 is 14.8 Å². The van der Waals surface area contributed by atoms with E-state index in [1.807, 2.05) is 12.1 Å². The molecule has 8 heteroatoms. The lowest BCUT2D eigenvalue weighted by Crippen LogP contribution is -2.20. The van der Waals surface area contributed by atoms with E-state index in [0.717, 1.165) is 17.2 Å². The smallest absolute Gasteiger partial charge is 0.422 e. The van der Waals surface area contributed by atoms with Crippen LogP contribution in [0.1, 0.15) is 21.5 Å². The number of carbonyl (C=O) groups excluding carboxylic acids is 1. The first-order valence-corrected chi connectivity index (χ1v) is 7.07. The molecule has 1 N–H and O–H groups in total. The number of benzene rings is 1. The molecule has 0 atom stereocenters. The molecule has 1 aliphatic rings. The van der Waals surface area contributed by atoms with Gasteiger partial charge in [0.05, 0.1) is 13.2 Å². The highest BCUT2D eigenvalue weighted by Crippen LogP contribution is 2.24. The minimum atomic E-state index is -4.47. The molecule has 0 saturated heterocycles. The Bertz CT molecular complexity index is 762. The first-order valence-electron chi connectivity index (χ1n) is 7.07. The van der Waals surface area contributed by atoms with Crippen LogP contribution >= 0.6 is 0 Å². The number of aromatic nitrogens is 1. The van der Waals surface area contributed by atoms with Crippen LogP contribution < -0.4 is 10.1 Å². The number of ether oxygens (including phenoxy) is 2. The molecule has 2 heterocycles. The van der Waals surface area contributed by atoms with E-state index in [1.54, 1.807) is 6.07 Å². The van der Waals surface area contributed by atoms with E-state index < -0.39 is 18.7 Å². The number of nitrogens with one attached hydrogen (secondary N) is 1. The number of anilines is 1. The fraction of sp³-hybridized carbons (Fsp3) is 0.250. The molecule has 0 fully saturated rings. The van der Waals surface area contributed by atoms with Crippen molar-refractivity contribution in [3.8, 4) is 5.88 Å². The maximum atomic E-state index is 12.2. The van der Waals surface area contributed by atoms with Crippen molar-refractivity contribution in [3.63, 3.8) is 0 Å². The summed E-state index contributed by atoms with van der Waals surface area (Å²) in [6.07, 6.45) is -3.25. The minimum Gasteiger partial charge on any atom is -0.468 e. The fourth-order valence-corrected chi connectivity index (χ4v) is 2.24. The third-order valence-corrected chi connectivity index (χ3v) is 3.36. The molecule has 0 aliphatic carbocycles. The van der Waals surface area contributed by atoms with Crippen LogP contribution in [0.15, 0.2) is 36.5 Å². The maximum absolute atomic E-state index is 12.2. The molecule has 1 amide bonds. The van der Waals surface area contributed by atoms with E-state index in [0.29, 0.717) is 18.9 Å². The highest BCUT2D eigenvalue weighted by Gasteiger charge is 2.28. The van der Waals surface area contributed by atoms with Gasteiger partial charge in [0.15, 0.2) is 6.61 Å². The summed E-state index contributed by atoms with van der Waals surface area (Å²) in [6, 6.07) is 7.97. The molecule has 0 unspecified atom stereocenters. The highest BCUT2D eigenvalue weighted by molar-refractivity contribution is 6.04. The molecular weight excluding hydrogens is 325 g/mol. The summed E-state index contributed by atoms with van der Waals surface area (Å²) in [5.41, 5.74) is 2.80. The van der Waals surface area contributed by atoms with Gasteiger partial charge in [0, 0.05) is 23.5 Å². The van der Waals surface area contributed by atoms with E-state index in [4.69, 9.17) is 4.74 Å². The Hall–Kier alpha value is -2.61. The van der Waals surface area contributed by atoms with Crippen molar-refractivity contribution in [2.24, 2.45) is 0 Å². The van der Waals surface area contributed by atoms with E-state index >= 15 is 0 Å². The van der Waals surface area contributed by atoms with E-state index in [9.17, 15) is 18.0 Å². The van der Waals surface area contributed by atoms with Crippen LogP contribution in [0.2, 0.25) is 0 Å². The van der Waals surface area contributed by atoms with Crippen LogP contribution in [-0.2, 0) is 18.0 Å². The molecule has 1 aliphatic heterocycles. The number of carbonyl (C=O) groups is 1. The van der Waals surface area contributed by atoms with Crippen LogP contribution in [-0.4, -0.2) is 23.7 Å². The fourth-order valence-electron chi connectivity index (χ4n) is 2.24. The maximum Gasteiger partial charge on any atom is 0.422 e. The number of amides is 1. The molecule has 2 aromatic rings. The number of alkyl halides is 3. The van der Waals surface area contributed by atoms with Crippen LogP contribution in [0.3, 0.4) is 0 Å². The average Bonchev–Trinajstić information content (AvgIpc) is 3.00. The number of hydrogen-bond acceptors (Lipinski definition) is 4. The number of nitrogens with zero attached hydrogens (tertiary/aromatic N) is 1. The summed E-state index contributed by atoms with van der Waals surface area (Å²) in [5, 5.41) is 2.69. The topological polar surface area (TPSA) is 60.5 Å². The molecule has 1 aromatic carbocycles. The molecule has 126 valence electrons. The molecule has 3 rings (SSSR count). The molecular formula is C16H13F3N2O3. The van der Waals surface area contributed by atoms with Crippen molar-refractivity contribution in [2.75, 3.05) is 11.9 Å². The van der Waals surface area contributed by atoms with Crippen molar-refractivity contribution in [1.29, 1.82) is 0 Å². The van der Waals surface area contributed by atoms with Gasteiger partial charge >= 0.3 is 6.18 Å². The first kappa shape index (κ1) is 16.3. The SMILES string of the molecule is O=C(Nc1ccc2c(c1)COC2)c1ccnc(OCC(F)(F)F)c1. The number of rotatable bonds is 4. The van der Waals surface area contributed by atoms with E-state index in [-0.39, 0.29) is 11.4 Å². The quantitative estimate of drug-likeness (QED) is 0.929. The van der Waals surface area contributed by atoms with Crippen molar-refractivity contribution in [2.45, 2.75) is 19.4 Å². The van der Waals surface area contributed by atoms with Crippen molar-refractivity contribution in [3.05, 3.63) is 53.2 Å². The average molecular weight is 338 g/mol. The van der Waals surface area contributed by atoms with Gasteiger partial charge in [0.1, 0.15) is 0 Å². The number of hydrogen-bond donors (Lipinski definition) is 1. The lowest BCUT2D eigenvalue weighted by molar-refractivity contribution is -0.154. The summed E-state index contributed by atoms with van der Waals surface area (Å²) in [5.74, 6) is -0.726. The van der Waals surface area contributed by atoms with Crippen LogP contribution in [0, 0.1) is 0 Å². The van der Waals surface area contributed by atoms with Gasteiger partial charge in [-0.05, 0) is 29.3 Å². The van der Waals surface area contributed by atoms with Gasteiger partial charge in [-0.25, -0.2) is 4.98 Å². The Morgan fingerprint density at radius 2 is 2.00 bits per heavy atom. The van der Waals surface area contributed by atoms with Crippen LogP contribution in [0.25, 0.3) is 0 Å². The zero-order valence-electron chi connectivity index (χ0n) is 12.4. The van der Waals surface area contributed by atoms with Crippen molar-refractivity contribution < 1.29 is 27.4 Å². The first-order chi connectivity index (χ1) is 11.4. The summed E-state index contributed by atoms with van der Waals surface area (Å²) >= 11 is 0. The molecule has 0 saturated carbocycles. The Kier molecular flexibility index (Phi) is 4.39. The molecule has 0 radical (unpaired) electrons. The third kappa shape index (κ3) is 4.02. The molecule has 0 spiro atoms. The zero-order valence-corrected chi connectivity index (χ0v) is 12.4. The second kappa shape index (κ2) is 6.48. The second-order valence-electron chi connectivity index (χ2n) is 5.22. The Morgan fingerprint density at radius 1 is 1.21 bits per heavy atom. The van der Waals surface area contributed by atoms with Crippen molar-refractivity contribution >= 4 is 11.6 Å². The molecule has 5 nitrogen and oxygen atoms in total. The zero-order chi connectivity index (χ0) is 17.2. The molecule has 0 bridgehead atoms. The largest absolute Gasteiger partial charge is 0.468 e. The predicted octanol–water partition coefficient (Wildman–Crippen LogP) is 3.31. The van der Waals surface area contributed by atoms with Crippen LogP contribution in [0.4, 0.5) is 18.9 Å². The van der Waals surface area contributed by atoms with Gasteiger partial charge in [-0.2, -0.15) is 13.2 Å². The predicted molar refractivity (Wildman–Crippen MR) is 78.7 cm³/mol. The second-order valence-corrected chi connectivity index (χ2v) is 5.22. The Labute approximate surface area is 135 Å². The summed E-state index contributed by atoms with van der Waals surface area (Å²) in [7, 11) is 0. The molecule has 24 heavy (non-hydrogen) atoms. The van der Waals surface area contributed by atoms with Gasteiger partial charge in [0.25, 0.3) is 5.91 Å². The molecule has 1 aromatic heterocycles. The monoisotopic (exact) mass is 338 g/mol. The lowest BCUT2D eigenvalue weighted by atomic mass is 10.1. The number of fused-ring (bicyclic) bond motifs is 1. The van der Waals surface area contributed by atoms with Gasteiger partial charge in [-0.1, -0.05) is 6.07 Å². The number of halogens is 3. The van der Waals surface area contributed by atoms with Gasteiger partial charge in [-0.3, -0.25) is 4.79 Å². The normalized spacial score (nSPS) is 13.5. The Morgan fingerprint density at radius 3 is 2.79 bits per heavy atom.